The number of nitrogens with zero attached hydrogens (tertiary/aromatic N) is 1. The molecule has 86 valence electrons. The van der Waals surface area contributed by atoms with Crippen LogP contribution in [0, 0.1) is 0 Å². The summed E-state index contributed by atoms with van der Waals surface area (Å²) in [5, 5.41) is 3.03. The summed E-state index contributed by atoms with van der Waals surface area (Å²) in [5.41, 5.74) is 10.4. The summed E-state index contributed by atoms with van der Waals surface area (Å²) in [6, 6.07) is 0. The van der Waals surface area contributed by atoms with Gasteiger partial charge in [-0.1, -0.05) is 20.3 Å². The maximum Gasteiger partial charge on any atom is 0.0905 e. The Morgan fingerprint density at radius 3 is 2.21 bits per heavy atom. The van der Waals surface area contributed by atoms with E-state index < -0.39 is 0 Å². The van der Waals surface area contributed by atoms with E-state index >= 15 is 0 Å². The molecule has 0 heterocycles. The summed E-state index contributed by atoms with van der Waals surface area (Å²) < 4.78 is 0. The van der Waals surface area contributed by atoms with E-state index in [9.17, 15) is 0 Å². The molecule has 0 spiro atoms. The molecule has 4 heteroatoms. The number of aliphatic imine (C=N–C) groups is 1. The number of nitrogens with one attached hydrogen (secondary N) is 1. The van der Waals surface area contributed by atoms with Crippen molar-refractivity contribution in [2.45, 2.75) is 40.0 Å². The van der Waals surface area contributed by atoms with Crippen molar-refractivity contribution in [1.82, 2.24) is 5.32 Å². The predicted octanol–water partition coefficient (Wildman–Crippen LogP) is 1.07. The predicted molar refractivity (Wildman–Crippen MR) is 64.4 cm³/mol. The molecule has 5 N–H and O–H groups in total. The number of nitrogens with two attached hydrogens (primary N) is 2. The van der Waals surface area contributed by atoms with Crippen LogP contribution in [-0.2, 0) is 0 Å². The molecule has 0 aromatic carbocycles. The summed E-state index contributed by atoms with van der Waals surface area (Å²) in [7, 11) is 0. The molecule has 0 bridgehead atoms. The minimum absolute atomic E-state index is 0.611. The van der Waals surface area contributed by atoms with Gasteiger partial charge in [0, 0.05) is 13.2 Å². The minimum atomic E-state index is 0.611. The van der Waals surface area contributed by atoms with E-state index in [1.807, 2.05) is 0 Å². The molecule has 0 fully saturated rings. The molecule has 0 radical (unpaired) electrons. The average molecular weight is 202 g/mol. The monoisotopic (exact) mass is 202 g/mol. The molecule has 0 rings (SSSR count). The van der Waals surface area contributed by atoms with Crippen LogP contribution < -0.4 is 16.8 Å². The van der Waals surface area contributed by atoms with Gasteiger partial charge in [-0.15, -0.1) is 0 Å². The zero-order chi connectivity index (χ0) is 11.2. The van der Waals surface area contributed by atoms with E-state index in [0.29, 0.717) is 12.5 Å². The Kier molecular flexibility index (Phi) is 16.9. The van der Waals surface area contributed by atoms with Crippen LogP contribution in [-0.4, -0.2) is 25.6 Å². The number of rotatable bonds is 6. The Morgan fingerprint density at radius 2 is 1.93 bits per heavy atom. The first kappa shape index (κ1) is 15.8. The summed E-state index contributed by atoms with van der Waals surface area (Å²) in [4.78, 5) is 3.94. The van der Waals surface area contributed by atoms with Crippen molar-refractivity contribution in [3.8, 4) is 0 Å². The second-order valence-electron chi connectivity index (χ2n) is 3.08. The normalized spacial score (nSPS) is 10.7. The van der Waals surface area contributed by atoms with Crippen LogP contribution in [0.25, 0.3) is 0 Å². The fourth-order valence-corrected chi connectivity index (χ4v) is 0.692. The Bertz CT molecular complexity index is 115. The van der Waals surface area contributed by atoms with Gasteiger partial charge in [-0.3, -0.25) is 4.99 Å². The lowest BCUT2D eigenvalue weighted by atomic mass is 10.3. The van der Waals surface area contributed by atoms with Crippen molar-refractivity contribution in [3.05, 3.63) is 0 Å². The highest BCUT2D eigenvalue weighted by molar-refractivity contribution is 5.77. The van der Waals surface area contributed by atoms with E-state index in [1.54, 1.807) is 6.92 Å². The molecule has 0 aromatic rings. The lowest BCUT2D eigenvalue weighted by Gasteiger charge is -1.95. The van der Waals surface area contributed by atoms with Gasteiger partial charge in [0.25, 0.3) is 0 Å². The van der Waals surface area contributed by atoms with Gasteiger partial charge < -0.3 is 16.8 Å². The zero-order valence-corrected chi connectivity index (χ0v) is 9.84. The highest BCUT2D eigenvalue weighted by atomic mass is 14.9. The number of unbranched alkanes of at least 4 members (excludes halogenated alkanes) is 1. The first-order chi connectivity index (χ1) is 6.68. The minimum Gasteiger partial charge on any atom is -0.388 e. The lowest BCUT2D eigenvalue weighted by molar-refractivity contribution is 0.653. The number of hydrogen-bond donors (Lipinski definition) is 3. The third kappa shape index (κ3) is 22.5. The summed E-state index contributed by atoms with van der Waals surface area (Å²) in [5.74, 6) is 0.682. The molecular formula is C10H26N4. The van der Waals surface area contributed by atoms with Gasteiger partial charge in [0.05, 0.1) is 5.84 Å². The third-order valence-electron chi connectivity index (χ3n) is 1.44. The third-order valence-corrected chi connectivity index (χ3v) is 1.44. The molecule has 0 saturated heterocycles. The summed E-state index contributed by atoms with van der Waals surface area (Å²) >= 11 is 0. The van der Waals surface area contributed by atoms with E-state index in [4.69, 9.17) is 11.5 Å². The average Bonchev–Trinajstić information content (AvgIpc) is 2.16. The van der Waals surface area contributed by atoms with Gasteiger partial charge in [0.2, 0.25) is 0 Å². The largest absolute Gasteiger partial charge is 0.388 e. The molecule has 0 aliphatic rings. The van der Waals surface area contributed by atoms with Crippen molar-refractivity contribution >= 4 is 5.84 Å². The molecule has 4 nitrogen and oxygen atoms in total. The topological polar surface area (TPSA) is 76.4 Å². The fraction of sp³-hybridized carbons (Fsp3) is 0.900. The molecule has 0 aliphatic heterocycles. The van der Waals surface area contributed by atoms with E-state index in [1.165, 1.54) is 12.8 Å². The van der Waals surface area contributed by atoms with Crippen LogP contribution in [0.5, 0.6) is 0 Å². The quantitative estimate of drug-likeness (QED) is 0.261. The Labute approximate surface area is 88.2 Å². The van der Waals surface area contributed by atoms with Crippen LogP contribution in [0.15, 0.2) is 4.99 Å². The molecular weight excluding hydrogens is 176 g/mol. The van der Waals surface area contributed by atoms with Crippen molar-refractivity contribution in [2.24, 2.45) is 16.5 Å². The highest BCUT2D eigenvalue weighted by Gasteiger charge is 1.77. The molecule has 0 atom stereocenters. The fourth-order valence-electron chi connectivity index (χ4n) is 0.692. The lowest BCUT2D eigenvalue weighted by Crippen LogP contribution is -2.22. The first-order valence-corrected chi connectivity index (χ1v) is 5.36. The molecule has 14 heavy (non-hydrogen) atoms. The van der Waals surface area contributed by atoms with Gasteiger partial charge in [-0.05, 0) is 26.3 Å². The maximum atomic E-state index is 5.23. The van der Waals surface area contributed by atoms with E-state index in [2.05, 4.69) is 24.2 Å². The van der Waals surface area contributed by atoms with E-state index in [-0.39, 0.29) is 0 Å². The molecule has 0 saturated carbocycles. The summed E-state index contributed by atoms with van der Waals surface area (Å²) in [6.07, 6.45) is 3.55. The van der Waals surface area contributed by atoms with Crippen LogP contribution >= 0.6 is 0 Å². The van der Waals surface area contributed by atoms with Crippen LogP contribution in [0.4, 0.5) is 0 Å². The standard InChI is InChI=1S/C5H12N2.C5H14N2/c1-3-4-7-5(2)6;1-2-3-4-7-5-6/h3-4H2,1-2H3,(H2,6,7);7H,2-6H2,1H3. The molecule has 0 aromatic heterocycles. The molecule has 0 aliphatic carbocycles. The van der Waals surface area contributed by atoms with Gasteiger partial charge >= 0.3 is 0 Å². The molecule has 0 unspecified atom stereocenters. The second-order valence-corrected chi connectivity index (χ2v) is 3.08. The van der Waals surface area contributed by atoms with Gasteiger partial charge in [0.1, 0.15) is 0 Å². The van der Waals surface area contributed by atoms with Crippen molar-refractivity contribution in [1.29, 1.82) is 0 Å². The Balaban J connectivity index is 0. The SMILES string of the molecule is CCCCNCN.CCCN=C(C)N. The van der Waals surface area contributed by atoms with Gasteiger partial charge in [0.15, 0.2) is 0 Å². The first-order valence-electron chi connectivity index (χ1n) is 5.36. The van der Waals surface area contributed by atoms with Crippen molar-refractivity contribution < 1.29 is 0 Å². The Morgan fingerprint density at radius 1 is 1.29 bits per heavy atom. The van der Waals surface area contributed by atoms with Crippen LogP contribution in [0.1, 0.15) is 40.0 Å². The van der Waals surface area contributed by atoms with Crippen LogP contribution in [0.3, 0.4) is 0 Å². The maximum absolute atomic E-state index is 5.23. The highest BCUT2D eigenvalue weighted by Crippen LogP contribution is 1.79. The van der Waals surface area contributed by atoms with Gasteiger partial charge in [-0.2, -0.15) is 0 Å². The second kappa shape index (κ2) is 14.9. The zero-order valence-electron chi connectivity index (χ0n) is 9.84. The number of amidine groups is 1. The smallest absolute Gasteiger partial charge is 0.0905 e. The van der Waals surface area contributed by atoms with Gasteiger partial charge in [-0.25, -0.2) is 0 Å². The van der Waals surface area contributed by atoms with E-state index in [0.717, 1.165) is 19.5 Å². The summed E-state index contributed by atoms with van der Waals surface area (Å²) in [6.45, 7) is 8.58. The van der Waals surface area contributed by atoms with Crippen molar-refractivity contribution in [3.63, 3.8) is 0 Å². The van der Waals surface area contributed by atoms with Crippen molar-refractivity contribution in [2.75, 3.05) is 19.8 Å². The Hall–Kier alpha value is -0.610. The van der Waals surface area contributed by atoms with Crippen LogP contribution in [0.2, 0.25) is 0 Å². The molecule has 0 amide bonds. The number of hydrogen-bond acceptors (Lipinski definition) is 3.